The van der Waals surface area contributed by atoms with Crippen LogP contribution in [0.25, 0.3) is 22.3 Å². The van der Waals surface area contributed by atoms with Gasteiger partial charge in [-0.2, -0.15) is 0 Å². The lowest BCUT2D eigenvalue weighted by Gasteiger charge is -2.47. The van der Waals surface area contributed by atoms with Crippen molar-refractivity contribution in [1.82, 2.24) is 9.80 Å². The zero-order valence-electron chi connectivity index (χ0n) is 22.1. The zero-order chi connectivity index (χ0) is 26.6. The molecule has 1 aromatic heterocycles. The van der Waals surface area contributed by atoms with Gasteiger partial charge in [0.05, 0.1) is 10.4 Å². The van der Waals surface area contributed by atoms with Crippen molar-refractivity contribution in [2.45, 2.75) is 37.7 Å². The van der Waals surface area contributed by atoms with E-state index in [9.17, 15) is 19.8 Å². The quantitative estimate of drug-likeness (QED) is 0.389. The van der Waals surface area contributed by atoms with Crippen LogP contribution in [0, 0.1) is 5.41 Å². The fraction of sp³-hybridized carbons (Fsp3) is 0.448. The molecule has 2 bridgehead atoms. The van der Waals surface area contributed by atoms with E-state index >= 15 is 0 Å². The van der Waals surface area contributed by atoms with Gasteiger partial charge in [-0.3, -0.25) is 9.59 Å². The smallest absolute Gasteiger partial charge is 0.312 e. The molecular formula is C29H33Cl3N2O6. The molecule has 0 saturated carbocycles. The summed E-state index contributed by atoms with van der Waals surface area (Å²) in [5.41, 5.74) is 0.0682. The van der Waals surface area contributed by atoms with E-state index in [0.717, 1.165) is 38.9 Å². The number of hydrogen-bond acceptors (Lipinski definition) is 8. The number of piperidine rings is 4. The summed E-state index contributed by atoms with van der Waals surface area (Å²) in [6.07, 6.45) is 2.40. The second kappa shape index (κ2) is 11.8. The number of nitrogens with zero attached hydrogens (tertiary/aromatic N) is 2. The third-order valence-electron chi connectivity index (χ3n) is 8.68. The Morgan fingerprint density at radius 2 is 1.73 bits per heavy atom. The Morgan fingerprint density at radius 3 is 2.40 bits per heavy atom. The predicted molar refractivity (Wildman–Crippen MR) is 158 cm³/mol. The number of fused-ring (bicyclic) bond motifs is 4. The molecule has 40 heavy (non-hydrogen) atoms. The number of benzene rings is 2. The number of aromatic hydroxyl groups is 2. The number of hydrogen-bond donors (Lipinski definition) is 2. The first-order valence-electron chi connectivity index (χ1n) is 13.2. The maximum Gasteiger partial charge on any atom is 0.312 e. The van der Waals surface area contributed by atoms with E-state index in [1.807, 2.05) is 7.05 Å². The summed E-state index contributed by atoms with van der Waals surface area (Å²) in [7, 11) is 1.97. The van der Waals surface area contributed by atoms with Crippen molar-refractivity contribution < 1.29 is 24.2 Å². The van der Waals surface area contributed by atoms with Crippen molar-refractivity contribution >= 4 is 53.4 Å². The number of phenols is 2. The van der Waals surface area contributed by atoms with Crippen molar-refractivity contribution in [3.8, 4) is 22.8 Å². The first kappa shape index (κ1) is 30.5. The molecule has 4 aliphatic heterocycles. The van der Waals surface area contributed by atoms with E-state index in [1.165, 1.54) is 12.1 Å². The number of esters is 1. The molecule has 0 unspecified atom stereocenters. The average molecular weight is 612 g/mol. The highest BCUT2D eigenvalue weighted by Crippen LogP contribution is 2.46. The molecule has 0 aliphatic carbocycles. The Bertz CT molecular complexity index is 1460. The monoisotopic (exact) mass is 610 g/mol. The molecular weight excluding hydrogens is 579 g/mol. The molecule has 2 aromatic carbocycles. The number of carbonyl (C=O) groups excluding carboxylic acids is 1. The van der Waals surface area contributed by atoms with Gasteiger partial charge in [-0.25, -0.2) is 0 Å². The maximum atomic E-state index is 13.6. The maximum absolute atomic E-state index is 13.6. The van der Waals surface area contributed by atoms with Gasteiger partial charge in [-0.05, 0) is 71.0 Å². The highest BCUT2D eigenvalue weighted by Gasteiger charge is 2.48. The van der Waals surface area contributed by atoms with E-state index in [1.54, 1.807) is 24.3 Å². The summed E-state index contributed by atoms with van der Waals surface area (Å²) in [6, 6.07) is 9.48. The van der Waals surface area contributed by atoms with Crippen LogP contribution in [-0.4, -0.2) is 71.9 Å². The largest absolute Gasteiger partial charge is 0.507 e. The number of phenolic OH excluding ortho intramolecular Hbond substituents is 2. The van der Waals surface area contributed by atoms with Gasteiger partial charge < -0.3 is 29.2 Å². The fourth-order valence-electron chi connectivity index (χ4n) is 6.39. The van der Waals surface area contributed by atoms with Crippen LogP contribution < -0.4 is 5.43 Å². The number of carbonyl (C=O) groups is 1. The molecule has 8 nitrogen and oxygen atoms in total. The average Bonchev–Trinajstić information content (AvgIpc) is 2.90. The van der Waals surface area contributed by atoms with Gasteiger partial charge in [-0.15, -0.1) is 24.8 Å². The molecule has 2 atom stereocenters. The van der Waals surface area contributed by atoms with Crippen LogP contribution in [0.2, 0.25) is 5.02 Å². The molecule has 2 N–H and O–H groups in total. The molecule has 0 spiro atoms. The van der Waals surface area contributed by atoms with Gasteiger partial charge in [0.1, 0.15) is 34.3 Å². The predicted octanol–water partition coefficient (Wildman–Crippen LogP) is 5.19. The zero-order valence-corrected chi connectivity index (χ0v) is 24.5. The molecule has 3 aromatic rings. The lowest BCUT2D eigenvalue weighted by molar-refractivity contribution is -0.172. The summed E-state index contributed by atoms with van der Waals surface area (Å²) in [5, 5.41) is 22.1. The molecule has 4 fully saturated rings. The lowest BCUT2D eigenvalue weighted by Crippen LogP contribution is -2.54. The SMILES string of the molecule is CN1CC[C@H](c2c(O)cc(O)c3c(=O)cc(-c4ccccc4Cl)oc23)[C@H](OC(=O)C23CCN(CC2)CC3)C1.Cl.Cl. The van der Waals surface area contributed by atoms with E-state index in [-0.39, 0.29) is 59.0 Å². The van der Waals surface area contributed by atoms with Crippen LogP contribution in [0.15, 0.2) is 45.6 Å². The molecule has 7 rings (SSSR count). The van der Waals surface area contributed by atoms with Crippen molar-refractivity contribution in [2.75, 3.05) is 39.8 Å². The van der Waals surface area contributed by atoms with Gasteiger partial charge in [0, 0.05) is 35.7 Å². The van der Waals surface area contributed by atoms with E-state index < -0.39 is 22.9 Å². The van der Waals surface area contributed by atoms with E-state index in [0.29, 0.717) is 35.7 Å². The van der Waals surface area contributed by atoms with Gasteiger partial charge in [0.25, 0.3) is 0 Å². The van der Waals surface area contributed by atoms with Crippen LogP contribution in [0.1, 0.15) is 37.2 Å². The normalized spacial score (nSPS) is 26.1. The number of halogens is 3. The second-order valence-corrected chi connectivity index (χ2v) is 11.4. The Kier molecular flexibility index (Phi) is 8.97. The second-order valence-electron chi connectivity index (χ2n) is 11.0. The first-order valence-corrected chi connectivity index (χ1v) is 13.5. The summed E-state index contributed by atoms with van der Waals surface area (Å²) < 4.78 is 12.5. The Labute approximate surface area is 249 Å². The third-order valence-corrected chi connectivity index (χ3v) is 9.01. The van der Waals surface area contributed by atoms with Gasteiger partial charge >= 0.3 is 5.97 Å². The van der Waals surface area contributed by atoms with Crippen LogP contribution in [-0.2, 0) is 9.53 Å². The number of rotatable bonds is 4. The fourth-order valence-corrected chi connectivity index (χ4v) is 6.62. The third kappa shape index (κ3) is 5.28. The number of ether oxygens (including phenoxy) is 1. The van der Waals surface area contributed by atoms with Gasteiger partial charge in [0.15, 0.2) is 5.43 Å². The van der Waals surface area contributed by atoms with Crippen molar-refractivity contribution in [1.29, 1.82) is 0 Å². The topological polar surface area (TPSA) is 103 Å². The number of likely N-dealkylation sites (tertiary alicyclic amines) is 1. The van der Waals surface area contributed by atoms with Crippen LogP contribution in [0.4, 0.5) is 0 Å². The van der Waals surface area contributed by atoms with Gasteiger partial charge in [0.2, 0.25) is 0 Å². The van der Waals surface area contributed by atoms with E-state index in [2.05, 4.69) is 9.80 Å². The van der Waals surface area contributed by atoms with Crippen LogP contribution >= 0.6 is 36.4 Å². The molecule has 5 heterocycles. The molecule has 0 radical (unpaired) electrons. The first-order chi connectivity index (χ1) is 18.3. The number of likely N-dealkylation sites (N-methyl/N-ethyl adjacent to an activating group) is 1. The van der Waals surface area contributed by atoms with Crippen LogP contribution in [0.3, 0.4) is 0 Å². The Balaban J connectivity index is 0.00000185. The summed E-state index contributed by atoms with van der Waals surface area (Å²) >= 11 is 6.39. The summed E-state index contributed by atoms with van der Waals surface area (Å²) in [4.78, 5) is 31.3. The van der Waals surface area contributed by atoms with Crippen LogP contribution in [0.5, 0.6) is 11.5 Å². The van der Waals surface area contributed by atoms with Crippen molar-refractivity contribution in [3.63, 3.8) is 0 Å². The van der Waals surface area contributed by atoms with Crippen molar-refractivity contribution in [3.05, 3.63) is 57.2 Å². The summed E-state index contributed by atoms with van der Waals surface area (Å²) in [5.74, 6) is -0.941. The summed E-state index contributed by atoms with van der Waals surface area (Å²) in [6.45, 7) is 3.90. The minimum absolute atomic E-state index is 0. The lowest BCUT2D eigenvalue weighted by atomic mass is 9.72. The highest BCUT2D eigenvalue weighted by atomic mass is 35.5. The molecule has 4 saturated heterocycles. The van der Waals surface area contributed by atoms with E-state index in [4.69, 9.17) is 20.8 Å². The molecule has 4 aliphatic rings. The minimum Gasteiger partial charge on any atom is -0.507 e. The Hall–Kier alpha value is -2.49. The Morgan fingerprint density at radius 1 is 1.05 bits per heavy atom. The highest BCUT2D eigenvalue weighted by molar-refractivity contribution is 6.33. The molecule has 0 amide bonds. The molecule has 216 valence electrons. The molecule has 11 heteroatoms. The van der Waals surface area contributed by atoms with Crippen molar-refractivity contribution in [2.24, 2.45) is 5.41 Å². The standard InChI is InChI=1S/C29H31ClN2O6.2ClH/c1-31-10-6-18(24(16-31)38-28(36)29-7-11-32(12-8-29)13-9-29)25-20(33)14-21(34)26-22(35)15-23(37-27(25)26)17-4-2-3-5-19(17)30;;/h2-5,14-15,18,24,33-34H,6-13,16H2,1H3;2*1H/t18-,24+;;/m0../s1. The minimum atomic E-state index is -0.552. The van der Waals surface area contributed by atoms with Gasteiger partial charge in [-0.1, -0.05) is 23.7 Å².